The molecule has 0 saturated heterocycles. The molecule has 0 fully saturated rings. The van der Waals surface area contributed by atoms with Gasteiger partial charge in [-0.15, -0.1) is 0 Å². The number of carbonyl (C=O) groups is 6. The number of esters is 4. The molecule has 794 valence electrons. The molecule has 4 atom stereocenters. The van der Waals surface area contributed by atoms with Crippen LogP contribution in [0.5, 0.6) is 0 Å². The minimum atomic E-state index is -4.66. The summed E-state index contributed by atoms with van der Waals surface area (Å²) in [5.41, 5.74) is 0. The predicted molar refractivity (Wildman–Crippen MR) is 523 cm³/mol. The molecule has 0 aliphatic carbocycles. The van der Waals surface area contributed by atoms with E-state index in [2.05, 4.69) is 38.3 Å². The van der Waals surface area contributed by atoms with Crippen LogP contribution in [0.4, 0.5) is 9.59 Å². The molecule has 0 radical (unpaired) electrons. The van der Waals surface area contributed by atoms with Crippen LogP contribution in [0.2, 0.25) is 0 Å². The van der Waals surface area contributed by atoms with Crippen molar-refractivity contribution in [3.63, 3.8) is 0 Å². The Labute approximate surface area is 814 Å². The minimum absolute atomic E-state index is 0.0431. The summed E-state index contributed by atoms with van der Waals surface area (Å²) in [4.78, 5) is 96.0. The second kappa shape index (κ2) is 106. The highest BCUT2D eigenvalue weighted by molar-refractivity contribution is 8.76. The van der Waals surface area contributed by atoms with Crippen molar-refractivity contribution in [2.24, 2.45) is 0 Å². The quantitative estimate of drug-likeness (QED) is 0.0144. The Hall–Kier alpha value is -3.14. The van der Waals surface area contributed by atoms with Crippen LogP contribution in [0, 0.1) is 0 Å². The predicted octanol–water partition coefficient (Wildman–Crippen LogP) is 20.0. The van der Waals surface area contributed by atoms with Crippen molar-refractivity contribution in [2.45, 2.75) is 348 Å². The molecule has 0 aromatic carbocycles. The van der Waals surface area contributed by atoms with E-state index in [1.165, 1.54) is 180 Å². The Bertz CT molecular complexity index is 2500. The first-order valence-corrected chi connectivity index (χ1v) is 57.0. The number of phosphoric ester groups is 2. The van der Waals surface area contributed by atoms with E-state index in [1.54, 1.807) is 21.6 Å². The van der Waals surface area contributed by atoms with Crippen molar-refractivity contribution in [3.8, 4) is 0 Å². The van der Waals surface area contributed by atoms with Crippen LogP contribution in [-0.2, 0) is 132 Å². The minimum Gasteiger partial charge on any atom is -0.462 e. The van der Waals surface area contributed by atoms with E-state index in [4.69, 9.17) is 103 Å². The third-order valence-corrected chi connectivity index (χ3v) is 25.1. The highest BCUT2D eigenvalue weighted by Gasteiger charge is 2.29. The number of rotatable bonds is 111. The van der Waals surface area contributed by atoms with Gasteiger partial charge in [-0.25, -0.2) is 18.7 Å². The molecule has 134 heavy (non-hydrogen) atoms. The number of hydrogen-bond donors (Lipinski definition) is 4. The number of nitrogens with one attached hydrogen (secondary N) is 2. The van der Waals surface area contributed by atoms with Gasteiger partial charge in [0, 0.05) is 50.3 Å². The number of phosphoric acid groups is 2. The van der Waals surface area contributed by atoms with Crippen LogP contribution in [0.1, 0.15) is 336 Å². The SMILES string of the molecule is CCCCCCCCCCCCCC(=O)OCC(COP(=O)(O)OCCNC(=O)OCCOCCOCCOCCOCCOCCOCCSSCCOCCOCCOCCOCCOCCOCCOC(=O)NCCOP(=O)(O)OCC(COC(=O)CCCCCCCCCCCCC)OC(=O)CCCCCCCCCCCCC)OC(=O)CCCCCCCCCCCCC. The van der Waals surface area contributed by atoms with E-state index < -0.39 is 77.1 Å². The van der Waals surface area contributed by atoms with Gasteiger partial charge in [0.25, 0.3) is 0 Å². The number of ether oxygens (including phenoxy) is 18. The fourth-order valence-corrected chi connectivity index (χ4v) is 16.5. The van der Waals surface area contributed by atoms with E-state index in [0.29, 0.717) is 158 Å². The molecule has 0 spiro atoms. The number of amides is 2. The van der Waals surface area contributed by atoms with Crippen LogP contribution in [-0.4, -0.2) is 294 Å². The average molecular weight is 2010 g/mol. The molecule has 34 nitrogen and oxygen atoms in total. The molecule has 0 heterocycles. The monoisotopic (exact) mass is 2010 g/mol. The molecule has 0 aliphatic rings. The summed E-state index contributed by atoms with van der Waals surface area (Å²) in [6, 6.07) is 0. The number of carbonyl (C=O) groups excluding carboxylic acids is 6. The summed E-state index contributed by atoms with van der Waals surface area (Å²) in [5, 5.41) is 4.85. The molecular formula is C96H186N2O32P2S2. The summed E-state index contributed by atoms with van der Waals surface area (Å²) in [5.74, 6) is -0.211. The third kappa shape index (κ3) is 105. The number of hydrogen-bond acceptors (Lipinski definition) is 32. The molecular weight excluding hydrogens is 1820 g/mol. The largest absolute Gasteiger partial charge is 0.472 e. The van der Waals surface area contributed by atoms with Crippen molar-refractivity contribution < 1.29 is 151 Å². The summed E-state index contributed by atoms with van der Waals surface area (Å²) in [7, 11) is -5.86. The van der Waals surface area contributed by atoms with Gasteiger partial charge in [-0.05, 0) is 25.7 Å². The standard InChI is InChI=1S/C96H186N2O32P2S2/c1-5-9-13-17-21-25-29-33-37-41-45-49-91(99)123-85-89(129-93(101)51-47-43-39-35-31-27-23-19-15-11-7-3)87-127-131(105,106)125-55-53-97-95(103)121-79-77-117-71-69-113-63-61-109-57-59-111-65-67-115-73-75-119-81-83-133-134-84-82-120-76-74-116-68-66-112-60-58-110-62-64-114-70-72-118-78-80-122-96(104)98-54-56-126-132(107,108)128-88-90(130-94(102)52-48-44-40-36-32-28-24-20-16-12-8-4)86-124-92(100)50-46-42-38-34-30-26-22-18-14-10-6-2/h89-90H,5-88H2,1-4H3,(H,97,103)(H,98,104)(H,105,106)(H,107,108). The molecule has 0 aliphatic heterocycles. The zero-order chi connectivity index (χ0) is 97.4. The normalized spacial score (nSPS) is 12.9. The highest BCUT2D eigenvalue weighted by Crippen LogP contribution is 2.44. The lowest BCUT2D eigenvalue weighted by atomic mass is 10.1. The third-order valence-electron chi connectivity index (χ3n) is 20.8. The molecule has 0 aromatic heterocycles. The van der Waals surface area contributed by atoms with Crippen molar-refractivity contribution >= 4 is 73.3 Å². The Balaban J connectivity index is 3.86. The number of alkyl carbamates (subject to hydrolysis) is 2. The summed E-state index contributed by atoms with van der Waals surface area (Å²) >= 11 is 0. The van der Waals surface area contributed by atoms with Gasteiger partial charge in [0.1, 0.15) is 26.4 Å². The van der Waals surface area contributed by atoms with Gasteiger partial charge >= 0.3 is 51.7 Å². The van der Waals surface area contributed by atoms with E-state index in [9.17, 15) is 47.7 Å². The van der Waals surface area contributed by atoms with Crippen molar-refractivity contribution in [2.75, 3.05) is 236 Å². The molecule has 4 unspecified atom stereocenters. The maximum Gasteiger partial charge on any atom is 0.472 e. The Kier molecular flexibility index (Phi) is 103. The van der Waals surface area contributed by atoms with Crippen LogP contribution in [0.25, 0.3) is 0 Å². The van der Waals surface area contributed by atoms with Gasteiger partial charge in [-0.1, -0.05) is 306 Å². The maximum atomic E-state index is 12.8. The van der Waals surface area contributed by atoms with Gasteiger partial charge in [0.2, 0.25) is 0 Å². The second-order valence-corrected chi connectivity index (χ2v) is 38.7. The molecule has 0 aromatic rings. The van der Waals surface area contributed by atoms with Gasteiger partial charge in [0.15, 0.2) is 12.2 Å². The first-order chi connectivity index (χ1) is 65.6. The van der Waals surface area contributed by atoms with Gasteiger partial charge in [-0.3, -0.25) is 37.3 Å². The molecule has 4 N–H and O–H groups in total. The van der Waals surface area contributed by atoms with Gasteiger partial charge in [-0.2, -0.15) is 0 Å². The topological polar surface area (TPSA) is 404 Å². The lowest BCUT2D eigenvalue weighted by Crippen LogP contribution is -2.30. The molecule has 38 heteroatoms. The van der Waals surface area contributed by atoms with Crippen LogP contribution in [0.3, 0.4) is 0 Å². The molecule has 0 saturated carbocycles. The molecule has 2 amide bonds. The second-order valence-electron chi connectivity index (χ2n) is 33.0. The van der Waals surface area contributed by atoms with Gasteiger partial charge in [0.05, 0.1) is 185 Å². The van der Waals surface area contributed by atoms with Crippen LogP contribution in [0.15, 0.2) is 0 Å². The Morgan fingerprint density at radius 1 is 0.231 bits per heavy atom. The fraction of sp³-hybridized carbons (Fsp3) is 0.938. The average Bonchev–Trinajstić information content (AvgIpc) is 0.909. The van der Waals surface area contributed by atoms with Crippen molar-refractivity contribution in [1.29, 1.82) is 0 Å². The van der Waals surface area contributed by atoms with Crippen molar-refractivity contribution in [1.82, 2.24) is 10.6 Å². The molecule has 0 bridgehead atoms. The van der Waals surface area contributed by atoms with E-state index >= 15 is 0 Å². The van der Waals surface area contributed by atoms with E-state index in [0.717, 1.165) is 88.6 Å². The van der Waals surface area contributed by atoms with Gasteiger partial charge < -0.3 is 106 Å². The van der Waals surface area contributed by atoms with E-state index in [1.807, 2.05) is 0 Å². The van der Waals surface area contributed by atoms with E-state index in [-0.39, 0.29) is 105 Å². The summed E-state index contributed by atoms with van der Waals surface area (Å²) in [6.45, 7) is 15.4. The summed E-state index contributed by atoms with van der Waals surface area (Å²) < 4.78 is 145. The lowest BCUT2D eigenvalue weighted by Gasteiger charge is -2.20. The Morgan fingerprint density at radius 2 is 0.425 bits per heavy atom. The zero-order valence-corrected chi connectivity index (χ0v) is 86.8. The highest BCUT2D eigenvalue weighted by atomic mass is 33.1. The number of unbranched alkanes of at least 4 members (excludes halogenated alkanes) is 40. The molecule has 0 rings (SSSR count). The zero-order valence-electron chi connectivity index (χ0n) is 83.4. The first kappa shape index (κ1) is 131. The maximum absolute atomic E-state index is 12.8. The fourth-order valence-electron chi connectivity index (χ4n) is 13.2. The lowest BCUT2D eigenvalue weighted by molar-refractivity contribution is -0.161. The van der Waals surface area contributed by atoms with Crippen LogP contribution >= 0.6 is 37.2 Å². The van der Waals surface area contributed by atoms with Crippen molar-refractivity contribution in [3.05, 3.63) is 0 Å². The Morgan fingerprint density at radius 3 is 0.649 bits per heavy atom. The first-order valence-electron chi connectivity index (χ1n) is 51.5. The summed E-state index contributed by atoms with van der Waals surface area (Å²) in [6.07, 6.45) is 47.1. The smallest absolute Gasteiger partial charge is 0.462 e. The van der Waals surface area contributed by atoms with Crippen LogP contribution < -0.4 is 10.6 Å².